The number of fused-ring (bicyclic) bond motifs is 1. The summed E-state index contributed by atoms with van der Waals surface area (Å²) in [6, 6.07) is 13.2. The molecule has 1 aromatic carbocycles. The molecule has 0 aliphatic carbocycles. The summed E-state index contributed by atoms with van der Waals surface area (Å²) < 4.78 is 27.1. The van der Waals surface area contributed by atoms with E-state index in [0.29, 0.717) is 9.86 Å². The minimum Gasteiger partial charge on any atom is -0.223 e. The van der Waals surface area contributed by atoms with E-state index in [0.717, 1.165) is 3.97 Å². The van der Waals surface area contributed by atoms with Crippen LogP contribution in [-0.4, -0.2) is 17.4 Å². The number of halogens is 1. The first-order valence-electron chi connectivity index (χ1n) is 5.92. The third-order valence-corrected chi connectivity index (χ3v) is 5.28. The van der Waals surface area contributed by atoms with Crippen molar-refractivity contribution in [3.05, 3.63) is 58.8 Å². The minimum atomic E-state index is -3.75. The van der Waals surface area contributed by atoms with Gasteiger partial charge < -0.3 is 0 Å². The van der Waals surface area contributed by atoms with Crippen LogP contribution in [0.3, 0.4) is 0 Å². The number of pyridine rings is 1. The molecule has 0 aliphatic rings. The zero-order valence-corrected chi connectivity index (χ0v) is 13.0. The van der Waals surface area contributed by atoms with Crippen LogP contribution in [0.15, 0.2) is 58.0 Å². The van der Waals surface area contributed by atoms with E-state index in [2.05, 4.69) is 20.9 Å². The number of nitrogens with zero attached hydrogens (tertiary/aromatic N) is 3. The van der Waals surface area contributed by atoms with Gasteiger partial charge in [-0.3, -0.25) is 0 Å². The number of benzene rings is 1. The molecule has 3 rings (SSSR count). The second-order valence-corrected chi connectivity index (χ2v) is 6.94. The third kappa shape index (κ3) is 2.22. The number of hydrogen-bond donors (Lipinski definition) is 0. The van der Waals surface area contributed by atoms with E-state index in [-0.39, 0.29) is 16.2 Å². The van der Waals surface area contributed by atoms with E-state index in [1.54, 1.807) is 30.3 Å². The van der Waals surface area contributed by atoms with Crippen LogP contribution in [0.1, 0.15) is 5.69 Å². The van der Waals surface area contributed by atoms with Crippen molar-refractivity contribution in [1.82, 2.24) is 8.96 Å². The van der Waals surface area contributed by atoms with Gasteiger partial charge in [0.2, 0.25) is 0 Å². The van der Waals surface area contributed by atoms with Crippen LogP contribution in [0.5, 0.6) is 0 Å². The molecule has 2 aromatic heterocycles. The summed E-state index contributed by atoms with van der Waals surface area (Å²) in [6.07, 6.45) is 1.45. The zero-order valence-electron chi connectivity index (χ0n) is 10.6. The molecule has 7 heteroatoms. The molecule has 0 N–H and O–H groups in total. The molecule has 21 heavy (non-hydrogen) atoms. The Bertz CT molecular complexity index is 973. The van der Waals surface area contributed by atoms with E-state index < -0.39 is 10.0 Å². The van der Waals surface area contributed by atoms with Crippen molar-refractivity contribution >= 4 is 37.0 Å². The summed E-state index contributed by atoms with van der Waals surface area (Å²) in [5, 5.41) is 9.56. The lowest BCUT2D eigenvalue weighted by molar-refractivity contribution is 0.588. The summed E-state index contributed by atoms with van der Waals surface area (Å²) in [4.78, 5) is 4.26. The lowest BCUT2D eigenvalue weighted by Gasteiger charge is -2.06. The van der Waals surface area contributed by atoms with Crippen LogP contribution in [-0.2, 0) is 10.0 Å². The molecule has 0 atom stereocenters. The fraction of sp³-hybridized carbons (Fsp3) is 0. The maximum absolute atomic E-state index is 12.7. The summed E-state index contributed by atoms with van der Waals surface area (Å²) in [7, 11) is -3.75. The molecule has 0 radical (unpaired) electrons. The SMILES string of the molecule is N#Cc1ccc2c(Br)cn(S(=O)(=O)c3ccccc3)c2n1. The predicted molar refractivity (Wildman–Crippen MR) is 81.2 cm³/mol. The van der Waals surface area contributed by atoms with Gasteiger partial charge in [-0.15, -0.1) is 0 Å². The first kappa shape index (κ1) is 13.8. The Labute approximate surface area is 129 Å². The van der Waals surface area contributed by atoms with Crippen LogP contribution in [0.25, 0.3) is 11.0 Å². The highest BCUT2D eigenvalue weighted by Crippen LogP contribution is 2.28. The number of rotatable bonds is 2. The molecule has 0 fully saturated rings. The van der Waals surface area contributed by atoms with Crippen molar-refractivity contribution in [3.63, 3.8) is 0 Å². The zero-order chi connectivity index (χ0) is 15.0. The van der Waals surface area contributed by atoms with Gasteiger partial charge in [-0.1, -0.05) is 18.2 Å². The number of aromatic nitrogens is 2. The molecule has 0 unspecified atom stereocenters. The molecule has 0 spiro atoms. The van der Waals surface area contributed by atoms with Crippen LogP contribution >= 0.6 is 15.9 Å². The predicted octanol–water partition coefficient (Wildman–Crippen LogP) is 2.91. The minimum absolute atomic E-state index is 0.164. The van der Waals surface area contributed by atoms with E-state index >= 15 is 0 Å². The molecule has 5 nitrogen and oxygen atoms in total. The van der Waals surface area contributed by atoms with Crippen molar-refractivity contribution < 1.29 is 8.42 Å². The van der Waals surface area contributed by atoms with Gasteiger partial charge in [-0.05, 0) is 40.2 Å². The molecule has 2 heterocycles. The molecule has 0 amide bonds. The Morgan fingerprint density at radius 2 is 1.86 bits per heavy atom. The van der Waals surface area contributed by atoms with Gasteiger partial charge in [0, 0.05) is 16.1 Å². The van der Waals surface area contributed by atoms with Gasteiger partial charge in [0.1, 0.15) is 11.8 Å². The standard InChI is InChI=1S/C14H8BrN3O2S/c15-13-9-18(14-12(13)7-6-10(8-16)17-14)21(19,20)11-4-2-1-3-5-11/h1-7,9H. The summed E-state index contributed by atoms with van der Waals surface area (Å²) in [6.45, 7) is 0. The van der Waals surface area contributed by atoms with E-state index in [1.807, 2.05) is 6.07 Å². The van der Waals surface area contributed by atoms with Gasteiger partial charge in [-0.25, -0.2) is 17.4 Å². The first-order chi connectivity index (χ1) is 10.0. The van der Waals surface area contributed by atoms with E-state index in [9.17, 15) is 8.42 Å². The Morgan fingerprint density at radius 3 is 2.52 bits per heavy atom. The monoisotopic (exact) mass is 361 g/mol. The van der Waals surface area contributed by atoms with Crippen LogP contribution < -0.4 is 0 Å². The summed E-state index contributed by atoms with van der Waals surface area (Å²) >= 11 is 3.32. The molecule has 0 saturated carbocycles. The fourth-order valence-corrected chi connectivity index (χ4v) is 3.98. The van der Waals surface area contributed by atoms with Crippen LogP contribution in [0.4, 0.5) is 0 Å². The van der Waals surface area contributed by atoms with Crippen molar-refractivity contribution in [2.75, 3.05) is 0 Å². The molecule has 3 aromatic rings. The second kappa shape index (κ2) is 4.98. The van der Waals surface area contributed by atoms with Crippen LogP contribution in [0.2, 0.25) is 0 Å². The van der Waals surface area contributed by atoms with E-state index in [1.165, 1.54) is 18.3 Å². The fourth-order valence-electron chi connectivity index (χ4n) is 1.99. The molecule has 0 saturated heterocycles. The molecular formula is C14H8BrN3O2S. The quantitative estimate of drug-likeness (QED) is 0.703. The Hall–Kier alpha value is -2.17. The van der Waals surface area contributed by atoms with Gasteiger partial charge in [-0.2, -0.15) is 5.26 Å². The van der Waals surface area contributed by atoms with Crippen molar-refractivity contribution in [1.29, 1.82) is 5.26 Å². The number of nitriles is 1. The second-order valence-electron chi connectivity index (χ2n) is 4.27. The first-order valence-corrected chi connectivity index (χ1v) is 8.15. The number of hydrogen-bond acceptors (Lipinski definition) is 4. The Morgan fingerprint density at radius 1 is 1.14 bits per heavy atom. The smallest absolute Gasteiger partial charge is 0.223 e. The molecular weight excluding hydrogens is 354 g/mol. The van der Waals surface area contributed by atoms with Gasteiger partial charge in [0.05, 0.1) is 4.90 Å². The maximum atomic E-state index is 12.7. The van der Waals surface area contributed by atoms with E-state index in [4.69, 9.17) is 5.26 Å². The highest BCUT2D eigenvalue weighted by Gasteiger charge is 2.21. The van der Waals surface area contributed by atoms with Gasteiger partial charge in [0.25, 0.3) is 10.0 Å². The Balaban J connectivity index is 2.33. The highest BCUT2D eigenvalue weighted by atomic mass is 79.9. The average Bonchev–Trinajstić information content (AvgIpc) is 2.85. The van der Waals surface area contributed by atoms with Crippen molar-refractivity contribution in [3.8, 4) is 6.07 Å². The van der Waals surface area contributed by atoms with Gasteiger partial charge in [0.15, 0.2) is 5.65 Å². The molecule has 104 valence electrons. The normalized spacial score (nSPS) is 11.4. The van der Waals surface area contributed by atoms with Gasteiger partial charge >= 0.3 is 0 Å². The van der Waals surface area contributed by atoms with Crippen LogP contribution in [0, 0.1) is 11.3 Å². The summed E-state index contributed by atoms with van der Waals surface area (Å²) in [5.74, 6) is 0. The van der Waals surface area contributed by atoms with Crippen molar-refractivity contribution in [2.45, 2.75) is 4.90 Å². The van der Waals surface area contributed by atoms with Crippen molar-refractivity contribution in [2.24, 2.45) is 0 Å². The largest absolute Gasteiger partial charge is 0.269 e. The summed E-state index contributed by atoms with van der Waals surface area (Å²) in [5.41, 5.74) is 0.391. The maximum Gasteiger partial charge on any atom is 0.269 e. The average molecular weight is 362 g/mol. The lowest BCUT2D eigenvalue weighted by Crippen LogP contribution is -2.12. The molecule has 0 aliphatic heterocycles. The lowest BCUT2D eigenvalue weighted by atomic mass is 10.3. The Kier molecular flexibility index (Phi) is 3.27. The molecule has 0 bridgehead atoms. The third-order valence-electron chi connectivity index (χ3n) is 2.99. The topological polar surface area (TPSA) is 75.8 Å². The highest BCUT2D eigenvalue weighted by molar-refractivity contribution is 9.10.